The number of hydrogen-bond acceptors (Lipinski definition) is 4. The zero-order valence-corrected chi connectivity index (χ0v) is 17.2. The molecule has 0 bridgehead atoms. The number of carbonyl (C=O) groups is 1. The molecule has 0 spiro atoms. The quantitative estimate of drug-likeness (QED) is 0.415. The molecular formula is C24H22N2O2S. The van der Waals surface area contributed by atoms with Crippen LogP contribution in [-0.2, 0) is 6.61 Å². The van der Waals surface area contributed by atoms with E-state index in [4.69, 9.17) is 9.72 Å². The van der Waals surface area contributed by atoms with Crippen LogP contribution < -0.4 is 4.74 Å². The SMILES string of the molecule is C[C@H](c1nc2ccccc2s1)N(C)C(=O)c1ccccc1COc1ccccc1. The highest BCUT2D eigenvalue weighted by Crippen LogP contribution is 2.30. The van der Waals surface area contributed by atoms with Crippen molar-refractivity contribution >= 4 is 27.5 Å². The lowest BCUT2D eigenvalue weighted by molar-refractivity contribution is 0.0740. The second-order valence-corrected chi connectivity index (χ2v) is 7.93. The van der Waals surface area contributed by atoms with E-state index in [-0.39, 0.29) is 11.9 Å². The molecule has 0 aliphatic heterocycles. The molecule has 0 aliphatic rings. The summed E-state index contributed by atoms with van der Waals surface area (Å²) < 4.78 is 7.00. The molecule has 4 rings (SSSR count). The number of amides is 1. The van der Waals surface area contributed by atoms with Crippen LogP contribution in [-0.4, -0.2) is 22.8 Å². The summed E-state index contributed by atoms with van der Waals surface area (Å²) in [5, 5.41) is 0.931. The second-order valence-electron chi connectivity index (χ2n) is 6.87. The molecule has 1 heterocycles. The van der Waals surface area contributed by atoms with Crippen molar-refractivity contribution in [3.63, 3.8) is 0 Å². The summed E-state index contributed by atoms with van der Waals surface area (Å²) in [6.45, 7) is 2.36. The van der Waals surface area contributed by atoms with Crippen LogP contribution in [0.25, 0.3) is 10.2 Å². The molecule has 29 heavy (non-hydrogen) atoms. The number of ether oxygens (including phenoxy) is 1. The normalized spacial score (nSPS) is 11.9. The third-order valence-corrected chi connectivity index (χ3v) is 6.16. The lowest BCUT2D eigenvalue weighted by Gasteiger charge is -2.24. The number of nitrogens with zero attached hydrogens (tertiary/aromatic N) is 2. The molecule has 0 unspecified atom stereocenters. The largest absolute Gasteiger partial charge is 0.489 e. The van der Waals surface area contributed by atoms with Crippen molar-refractivity contribution < 1.29 is 9.53 Å². The van der Waals surface area contributed by atoms with Crippen molar-refractivity contribution in [2.75, 3.05) is 7.05 Å². The number of aromatic nitrogens is 1. The van der Waals surface area contributed by atoms with Crippen LogP contribution in [0.15, 0.2) is 78.9 Å². The molecule has 0 N–H and O–H groups in total. The zero-order chi connectivity index (χ0) is 20.2. The average Bonchev–Trinajstić information content (AvgIpc) is 3.21. The van der Waals surface area contributed by atoms with E-state index < -0.39 is 0 Å². The van der Waals surface area contributed by atoms with Gasteiger partial charge in [-0.1, -0.05) is 48.5 Å². The first kappa shape index (κ1) is 19.2. The monoisotopic (exact) mass is 402 g/mol. The van der Waals surface area contributed by atoms with Crippen LogP contribution in [0.3, 0.4) is 0 Å². The molecular weight excluding hydrogens is 380 g/mol. The first-order valence-corrected chi connectivity index (χ1v) is 10.3. The van der Waals surface area contributed by atoms with Gasteiger partial charge in [0.15, 0.2) is 0 Å². The van der Waals surface area contributed by atoms with E-state index in [0.717, 1.165) is 26.5 Å². The Morgan fingerprint density at radius 2 is 1.69 bits per heavy atom. The molecule has 146 valence electrons. The van der Waals surface area contributed by atoms with Gasteiger partial charge in [-0.3, -0.25) is 4.79 Å². The molecule has 4 aromatic rings. The average molecular weight is 403 g/mol. The van der Waals surface area contributed by atoms with Gasteiger partial charge in [0.1, 0.15) is 17.4 Å². The van der Waals surface area contributed by atoms with E-state index >= 15 is 0 Å². The van der Waals surface area contributed by atoms with Crippen molar-refractivity contribution in [2.45, 2.75) is 19.6 Å². The summed E-state index contributed by atoms with van der Waals surface area (Å²) >= 11 is 1.63. The number of carbonyl (C=O) groups excluding carboxylic acids is 1. The molecule has 0 saturated heterocycles. The molecule has 0 fully saturated rings. The Bertz CT molecular complexity index is 1090. The van der Waals surface area contributed by atoms with Crippen molar-refractivity contribution in [1.82, 2.24) is 9.88 Å². The summed E-state index contributed by atoms with van der Waals surface area (Å²) in [5.41, 5.74) is 2.49. The molecule has 3 aromatic carbocycles. The third-order valence-electron chi connectivity index (χ3n) is 4.95. The molecule has 0 radical (unpaired) electrons. The maximum atomic E-state index is 13.3. The standard InChI is InChI=1S/C24H22N2O2S/c1-17(23-25-21-14-8-9-15-22(21)29-23)26(2)24(27)20-13-7-6-10-18(20)16-28-19-11-4-3-5-12-19/h3-15,17H,16H2,1-2H3/t17-/m1/s1. The first-order valence-electron chi connectivity index (χ1n) is 9.52. The van der Waals surface area contributed by atoms with Crippen LogP contribution in [0.5, 0.6) is 5.75 Å². The van der Waals surface area contributed by atoms with Crippen molar-refractivity contribution in [2.24, 2.45) is 0 Å². The lowest BCUT2D eigenvalue weighted by Crippen LogP contribution is -2.30. The summed E-state index contributed by atoms with van der Waals surface area (Å²) in [4.78, 5) is 19.7. The van der Waals surface area contributed by atoms with Gasteiger partial charge in [0.05, 0.1) is 16.3 Å². The van der Waals surface area contributed by atoms with E-state index in [0.29, 0.717) is 12.2 Å². The van der Waals surface area contributed by atoms with Gasteiger partial charge < -0.3 is 9.64 Å². The summed E-state index contributed by atoms with van der Waals surface area (Å²) in [7, 11) is 1.83. The number of thiazole rings is 1. The Labute approximate surface area is 174 Å². The number of benzene rings is 3. The summed E-state index contributed by atoms with van der Waals surface area (Å²) in [6.07, 6.45) is 0. The number of para-hydroxylation sites is 2. The highest BCUT2D eigenvalue weighted by molar-refractivity contribution is 7.18. The Kier molecular flexibility index (Phi) is 5.58. The topological polar surface area (TPSA) is 42.4 Å². The third kappa shape index (κ3) is 4.15. The van der Waals surface area contributed by atoms with Crippen LogP contribution in [0.1, 0.15) is 33.9 Å². The minimum absolute atomic E-state index is 0.0379. The first-order chi connectivity index (χ1) is 14.1. The van der Waals surface area contributed by atoms with Crippen LogP contribution >= 0.6 is 11.3 Å². The fourth-order valence-electron chi connectivity index (χ4n) is 3.13. The number of hydrogen-bond donors (Lipinski definition) is 0. The minimum Gasteiger partial charge on any atom is -0.489 e. The Morgan fingerprint density at radius 1 is 1.00 bits per heavy atom. The molecule has 4 nitrogen and oxygen atoms in total. The van der Waals surface area contributed by atoms with Crippen molar-refractivity contribution in [3.05, 3.63) is 95.0 Å². The van der Waals surface area contributed by atoms with E-state index in [1.807, 2.05) is 86.8 Å². The Hall–Kier alpha value is -3.18. The van der Waals surface area contributed by atoms with Crippen LogP contribution in [0.4, 0.5) is 0 Å². The van der Waals surface area contributed by atoms with E-state index in [2.05, 4.69) is 6.07 Å². The molecule has 0 saturated carbocycles. The second kappa shape index (κ2) is 8.45. The Balaban J connectivity index is 1.53. The van der Waals surface area contributed by atoms with Gasteiger partial charge >= 0.3 is 0 Å². The summed E-state index contributed by atoms with van der Waals surface area (Å²) in [6, 6.07) is 25.2. The van der Waals surface area contributed by atoms with Gasteiger partial charge in [0.2, 0.25) is 0 Å². The van der Waals surface area contributed by atoms with Gasteiger partial charge in [-0.15, -0.1) is 11.3 Å². The number of fused-ring (bicyclic) bond motifs is 1. The minimum atomic E-state index is -0.122. The van der Waals surface area contributed by atoms with Crippen LogP contribution in [0.2, 0.25) is 0 Å². The van der Waals surface area contributed by atoms with Crippen molar-refractivity contribution in [3.8, 4) is 5.75 Å². The molecule has 1 atom stereocenters. The predicted octanol–water partition coefficient (Wildman–Crippen LogP) is 5.71. The zero-order valence-electron chi connectivity index (χ0n) is 16.4. The van der Waals surface area contributed by atoms with E-state index in [9.17, 15) is 4.79 Å². The van der Waals surface area contributed by atoms with E-state index in [1.54, 1.807) is 16.2 Å². The van der Waals surface area contributed by atoms with Gasteiger partial charge in [0.25, 0.3) is 5.91 Å². The predicted molar refractivity (Wildman–Crippen MR) is 117 cm³/mol. The van der Waals surface area contributed by atoms with Gasteiger partial charge in [-0.05, 0) is 37.3 Å². The number of rotatable bonds is 6. The van der Waals surface area contributed by atoms with Gasteiger partial charge in [-0.2, -0.15) is 0 Å². The molecule has 1 amide bonds. The Morgan fingerprint density at radius 3 is 2.48 bits per heavy atom. The smallest absolute Gasteiger partial charge is 0.254 e. The summed E-state index contributed by atoms with van der Waals surface area (Å²) in [5.74, 6) is 0.745. The van der Waals surface area contributed by atoms with Crippen LogP contribution in [0, 0.1) is 0 Å². The highest BCUT2D eigenvalue weighted by atomic mass is 32.1. The van der Waals surface area contributed by atoms with Gasteiger partial charge in [-0.25, -0.2) is 4.98 Å². The highest BCUT2D eigenvalue weighted by Gasteiger charge is 2.23. The van der Waals surface area contributed by atoms with Gasteiger partial charge in [0, 0.05) is 18.2 Å². The maximum absolute atomic E-state index is 13.3. The fourth-order valence-corrected chi connectivity index (χ4v) is 4.20. The lowest BCUT2D eigenvalue weighted by atomic mass is 10.1. The molecule has 0 aliphatic carbocycles. The van der Waals surface area contributed by atoms with Crippen molar-refractivity contribution in [1.29, 1.82) is 0 Å². The fraction of sp³-hybridized carbons (Fsp3) is 0.167. The maximum Gasteiger partial charge on any atom is 0.254 e. The van der Waals surface area contributed by atoms with E-state index in [1.165, 1.54) is 0 Å². The molecule has 1 aromatic heterocycles. The molecule has 5 heteroatoms.